The smallest absolute Gasteiger partial charge is 0.238 e. The van der Waals surface area contributed by atoms with Gasteiger partial charge in [0.15, 0.2) is 0 Å². The van der Waals surface area contributed by atoms with E-state index in [1.807, 2.05) is 30.3 Å². The zero-order chi connectivity index (χ0) is 14.7. The van der Waals surface area contributed by atoms with E-state index in [-0.39, 0.29) is 5.91 Å². The average molecular weight is 286 g/mol. The van der Waals surface area contributed by atoms with Crippen LogP contribution < -0.4 is 5.32 Å². The molecule has 1 saturated carbocycles. The number of anilines is 1. The fourth-order valence-electron chi connectivity index (χ4n) is 4.28. The third-order valence-electron chi connectivity index (χ3n) is 5.15. The molecule has 0 unspecified atom stereocenters. The maximum absolute atomic E-state index is 12.3. The molecule has 1 aromatic carbocycles. The second kappa shape index (κ2) is 6.61. The Morgan fingerprint density at radius 2 is 1.95 bits per heavy atom. The van der Waals surface area contributed by atoms with Crippen molar-refractivity contribution < 1.29 is 4.79 Å². The Morgan fingerprint density at radius 1 is 1.19 bits per heavy atom. The average Bonchev–Trinajstić information content (AvgIpc) is 2.48. The lowest BCUT2D eigenvalue weighted by molar-refractivity contribution is -0.119. The van der Waals surface area contributed by atoms with E-state index in [9.17, 15) is 4.79 Å². The summed E-state index contributed by atoms with van der Waals surface area (Å²) in [6.45, 7) is 3.98. The lowest BCUT2D eigenvalue weighted by Gasteiger charge is -2.47. The van der Waals surface area contributed by atoms with Crippen molar-refractivity contribution in [1.82, 2.24) is 4.90 Å². The maximum Gasteiger partial charge on any atom is 0.238 e. The largest absolute Gasteiger partial charge is 0.325 e. The first-order valence-corrected chi connectivity index (χ1v) is 8.33. The van der Waals surface area contributed by atoms with Gasteiger partial charge in [0.25, 0.3) is 0 Å². The predicted molar refractivity (Wildman–Crippen MR) is 86.2 cm³/mol. The summed E-state index contributed by atoms with van der Waals surface area (Å²) in [4.78, 5) is 14.7. The molecule has 1 amide bonds. The number of para-hydroxylation sites is 1. The molecule has 2 aliphatic rings. The number of nitrogens with one attached hydrogen (secondary N) is 1. The highest BCUT2D eigenvalue weighted by atomic mass is 16.2. The van der Waals surface area contributed by atoms with Gasteiger partial charge in [0.1, 0.15) is 0 Å². The number of hydrogen-bond acceptors (Lipinski definition) is 2. The summed E-state index contributed by atoms with van der Waals surface area (Å²) in [5, 5.41) is 3.02. The summed E-state index contributed by atoms with van der Waals surface area (Å²) in [6.07, 6.45) is 6.63. The first-order valence-electron chi connectivity index (χ1n) is 8.33. The number of likely N-dealkylation sites (tertiary alicyclic amines) is 1. The monoisotopic (exact) mass is 286 g/mol. The summed E-state index contributed by atoms with van der Waals surface area (Å²) in [5.74, 6) is 1.67. The van der Waals surface area contributed by atoms with Crippen LogP contribution in [-0.4, -0.2) is 29.9 Å². The predicted octanol–water partition coefficient (Wildman–Crippen LogP) is 3.53. The minimum absolute atomic E-state index is 0.125. The molecule has 114 valence electrons. The van der Waals surface area contributed by atoms with Crippen molar-refractivity contribution in [2.24, 2.45) is 11.8 Å². The molecular weight excluding hydrogens is 260 g/mol. The molecule has 1 N–H and O–H groups in total. The van der Waals surface area contributed by atoms with Crippen LogP contribution in [0.1, 0.15) is 39.0 Å². The van der Waals surface area contributed by atoms with Gasteiger partial charge in [-0.25, -0.2) is 0 Å². The normalized spacial score (nSPS) is 29.7. The topological polar surface area (TPSA) is 32.3 Å². The van der Waals surface area contributed by atoms with Crippen LogP contribution in [0.4, 0.5) is 5.69 Å². The molecule has 3 atom stereocenters. The van der Waals surface area contributed by atoms with Gasteiger partial charge in [-0.05, 0) is 56.2 Å². The summed E-state index contributed by atoms with van der Waals surface area (Å²) in [5.41, 5.74) is 0.896. The number of rotatable bonds is 3. The van der Waals surface area contributed by atoms with E-state index in [1.54, 1.807) is 0 Å². The molecule has 1 saturated heterocycles. The van der Waals surface area contributed by atoms with E-state index >= 15 is 0 Å². The Bertz CT molecular complexity index is 471. The van der Waals surface area contributed by atoms with Gasteiger partial charge in [-0.1, -0.05) is 31.5 Å². The third-order valence-corrected chi connectivity index (χ3v) is 5.15. The van der Waals surface area contributed by atoms with Crippen LogP contribution in [0, 0.1) is 11.8 Å². The minimum atomic E-state index is 0.125. The SMILES string of the molecule is C[C@@H]1CCC[C@@H]2CCCN(CC(=O)Nc3ccccc3)[C@@H]21. The van der Waals surface area contributed by atoms with Gasteiger partial charge >= 0.3 is 0 Å². The van der Waals surface area contributed by atoms with Gasteiger partial charge < -0.3 is 5.32 Å². The van der Waals surface area contributed by atoms with Crippen molar-refractivity contribution in [3.63, 3.8) is 0 Å². The van der Waals surface area contributed by atoms with Crippen molar-refractivity contribution in [3.8, 4) is 0 Å². The molecule has 1 heterocycles. The number of piperidine rings is 1. The summed E-state index contributed by atoms with van der Waals surface area (Å²) >= 11 is 0. The molecular formula is C18H26N2O. The van der Waals surface area contributed by atoms with E-state index in [4.69, 9.17) is 0 Å². The van der Waals surface area contributed by atoms with Gasteiger partial charge in [0.2, 0.25) is 5.91 Å². The molecule has 1 aliphatic heterocycles. The molecule has 0 bridgehead atoms. The van der Waals surface area contributed by atoms with E-state index in [2.05, 4.69) is 17.1 Å². The first kappa shape index (κ1) is 14.6. The van der Waals surface area contributed by atoms with E-state index < -0.39 is 0 Å². The fraction of sp³-hybridized carbons (Fsp3) is 0.611. The number of amides is 1. The highest BCUT2D eigenvalue weighted by Crippen LogP contribution is 2.38. The van der Waals surface area contributed by atoms with Crippen LogP contribution in [0.15, 0.2) is 30.3 Å². The van der Waals surface area contributed by atoms with Crippen LogP contribution in [0.5, 0.6) is 0 Å². The van der Waals surface area contributed by atoms with Crippen molar-refractivity contribution in [3.05, 3.63) is 30.3 Å². The van der Waals surface area contributed by atoms with Gasteiger partial charge in [0, 0.05) is 11.7 Å². The molecule has 21 heavy (non-hydrogen) atoms. The summed E-state index contributed by atoms with van der Waals surface area (Å²) in [6, 6.07) is 10.4. The van der Waals surface area contributed by atoms with Crippen molar-refractivity contribution in [2.45, 2.75) is 45.1 Å². The van der Waals surface area contributed by atoms with E-state index in [0.29, 0.717) is 12.6 Å². The molecule has 0 aromatic heterocycles. The lowest BCUT2D eigenvalue weighted by atomic mass is 9.73. The van der Waals surface area contributed by atoms with Gasteiger partial charge in [-0.2, -0.15) is 0 Å². The molecule has 3 rings (SSSR count). The Labute approximate surface area is 127 Å². The molecule has 3 heteroatoms. The number of nitrogens with zero attached hydrogens (tertiary/aromatic N) is 1. The van der Waals surface area contributed by atoms with Gasteiger partial charge in [-0.3, -0.25) is 9.69 Å². The third kappa shape index (κ3) is 3.46. The van der Waals surface area contributed by atoms with Crippen LogP contribution in [0.2, 0.25) is 0 Å². The van der Waals surface area contributed by atoms with E-state index in [1.165, 1.54) is 32.1 Å². The number of carbonyl (C=O) groups is 1. The fourth-order valence-corrected chi connectivity index (χ4v) is 4.28. The highest BCUT2D eigenvalue weighted by molar-refractivity contribution is 5.92. The summed E-state index contributed by atoms with van der Waals surface area (Å²) < 4.78 is 0. The second-order valence-corrected chi connectivity index (χ2v) is 6.69. The van der Waals surface area contributed by atoms with Crippen LogP contribution >= 0.6 is 0 Å². The van der Waals surface area contributed by atoms with Crippen molar-refractivity contribution >= 4 is 11.6 Å². The standard InChI is InChI=1S/C18H26N2O/c1-14-7-5-8-15-9-6-12-20(18(14)15)13-17(21)19-16-10-3-2-4-11-16/h2-4,10-11,14-15,18H,5-9,12-13H2,1H3,(H,19,21)/t14-,15-,18-/m1/s1. The van der Waals surface area contributed by atoms with Crippen molar-refractivity contribution in [1.29, 1.82) is 0 Å². The van der Waals surface area contributed by atoms with Gasteiger partial charge in [0.05, 0.1) is 6.54 Å². The number of carbonyl (C=O) groups excluding carboxylic acids is 1. The second-order valence-electron chi connectivity index (χ2n) is 6.69. The maximum atomic E-state index is 12.3. The molecule has 2 fully saturated rings. The van der Waals surface area contributed by atoms with Crippen LogP contribution in [0.25, 0.3) is 0 Å². The van der Waals surface area contributed by atoms with Crippen molar-refractivity contribution in [2.75, 3.05) is 18.4 Å². The molecule has 0 radical (unpaired) electrons. The Hall–Kier alpha value is -1.35. The molecule has 1 aliphatic carbocycles. The first-order chi connectivity index (χ1) is 10.2. The Morgan fingerprint density at radius 3 is 2.76 bits per heavy atom. The Kier molecular flexibility index (Phi) is 4.59. The number of hydrogen-bond donors (Lipinski definition) is 1. The Balaban J connectivity index is 1.61. The molecule has 0 spiro atoms. The summed E-state index contributed by atoms with van der Waals surface area (Å²) in [7, 11) is 0. The minimum Gasteiger partial charge on any atom is -0.325 e. The zero-order valence-electron chi connectivity index (χ0n) is 12.9. The highest BCUT2D eigenvalue weighted by Gasteiger charge is 2.37. The van der Waals surface area contributed by atoms with Crippen LogP contribution in [0.3, 0.4) is 0 Å². The molecule has 3 nitrogen and oxygen atoms in total. The number of benzene rings is 1. The van der Waals surface area contributed by atoms with Gasteiger partial charge in [-0.15, -0.1) is 0 Å². The zero-order valence-corrected chi connectivity index (χ0v) is 12.9. The van der Waals surface area contributed by atoms with E-state index in [0.717, 1.165) is 24.1 Å². The number of fused-ring (bicyclic) bond motifs is 1. The van der Waals surface area contributed by atoms with Crippen LogP contribution in [-0.2, 0) is 4.79 Å². The molecule has 1 aromatic rings. The lowest BCUT2D eigenvalue weighted by Crippen LogP contribution is -2.52. The quantitative estimate of drug-likeness (QED) is 0.922.